The molecule has 1 fully saturated rings. The third-order valence-corrected chi connectivity index (χ3v) is 5.84. The normalized spacial score (nSPS) is 16.1. The molecule has 2 N–H and O–H groups in total. The van der Waals surface area contributed by atoms with Crippen LogP contribution in [0.3, 0.4) is 0 Å². The van der Waals surface area contributed by atoms with Crippen LogP contribution >= 0.6 is 0 Å². The van der Waals surface area contributed by atoms with Gasteiger partial charge in [0.25, 0.3) is 5.91 Å². The Bertz CT molecular complexity index is 1270. The predicted octanol–water partition coefficient (Wildman–Crippen LogP) is 3.29. The lowest BCUT2D eigenvalue weighted by atomic mass is 9.99. The van der Waals surface area contributed by atoms with Gasteiger partial charge in [-0.15, -0.1) is 0 Å². The van der Waals surface area contributed by atoms with Crippen molar-refractivity contribution in [2.24, 2.45) is 0 Å². The number of piperidine rings is 1. The van der Waals surface area contributed by atoms with E-state index >= 15 is 0 Å². The molecule has 3 amide bonds. The number of anilines is 1. The molecule has 0 atom stereocenters. The first-order valence-corrected chi connectivity index (χ1v) is 10.6. The van der Waals surface area contributed by atoms with Gasteiger partial charge < -0.3 is 10.5 Å². The van der Waals surface area contributed by atoms with Crippen LogP contribution in [0.4, 0.5) is 5.82 Å². The monoisotopic (exact) mass is 430 g/mol. The first-order valence-electron chi connectivity index (χ1n) is 10.6. The summed E-state index contributed by atoms with van der Waals surface area (Å²) < 4.78 is 5.72. The van der Waals surface area contributed by atoms with Crippen LogP contribution in [0.2, 0.25) is 0 Å². The Morgan fingerprint density at radius 3 is 2.47 bits per heavy atom. The Morgan fingerprint density at radius 1 is 1.03 bits per heavy atom. The molecule has 32 heavy (non-hydrogen) atoms. The Morgan fingerprint density at radius 2 is 1.75 bits per heavy atom. The maximum Gasteiger partial charge on any atom is 0.273 e. The van der Waals surface area contributed by atoms with Gasteiger partial charge in [-0.3, -0.25) is 14.4 Å². The number of rotatable bonds is 4. The van der Waals surface area contributed by atoms with Gasteiger partial charge in [-0.1, -0.05) is 30.3 Å². The second-order valence-electron chi connectivity index (χ2n) is 7.84. The molecule has 2 aliphatic heterocycles. The molecule has 162 valence electrons. The van der Waals surface area contributed by atoms with Gasteiger partial charge in [0.05, 0.1) is 18.8 Å². The molecule has 0 spiro atoms. The highest BCUT2D eigenvalue weighted by molar-refractivity contribution is 6.05. The molecular weight excluding hydrogens is 408 g/mol. The van der Waals surface area contributed by atoms with Crippen LogP contribution in [0.1, 0.15) is 42.1 Å². The molecule has 0 radical (unpaired) electrons. The third kappa shape index (κ3) is 3.07. The summed E-state index contributed by atoms with van der Waals surface area (Å²) in [7, 11) is 0. The van der Waals surface area contributed by atoms with Crippen molar-refractivity contribution in [1.29, 1.82) is 0 Å². The van der Waals surface area contributed by atoms with E-state index < -0.39 is 0 Å². The number of nitrogens with two attached hydrogens (primary N) is 1. The van der Waals surface area contributed by atoms with Crippen molar-refractivity contribution in [2.45, 2.75) is 32.7 Å². The maximum atomic E-state index is 12.9. The number of hydrazine groups is 1. The minimum absolute atomic E-state index is 0.157. The maximum absolute atomic E-state index is 12.9. The predicted molar refractivity (Wildman–Crippen MR) is 118 cm³/mol. The zero-order valence-corrected chi connectivity index (χ0v) is 17.6. The number of benzene rings is 2. The number of fused-ring (bicyclic) bond motifs is 2. The highest BCUT2D eigenvalue weighted by Gasteiger charge is 2.39. The fourth-order valence-electron chi connectivity index (χ4n) is 4.40. The molecule has 8 heteroatoms. The topological polar surface area (TPSA) is 106 Å². The van der Waals surface area contributed by atoms with Gasteiger partial charge in [0.2, 0.25) is 11.8 Å². The number of pyridine rings is 1. The van der Waals surface area contributed by atoms with Crippen LogP contribution < -0.4 is 10.5 Å². The van der Waals surface area contributed by atoms with E-state index in [1.54, 1.807) is 6.07 Å². The third-order valence-electron chi connectivity index (χ3n) is 5.84. The van der Waals surface area contributed by atoms with Gasteiger partial charge in [-0.05, 0) is 31.0 Å². The summed E-state index contributed by atoms with van der Waals surface area (Å²) in [6, 6.07) is 13.1. The van der Waals surface area contributed by atoms with Crippen LogP contribution in [-0.2, 0) is 16.1 Å². The van der Waals surface area contributed by atoms with Crippen LogP contribution in [0, 0.1) is 0 Å². The minimum atomic E-state index is -0.348. The Labute approximate surface area is 184 Å². The van der Waals surface area contributed by atoms with E-state index in [9.17, 15) is 14.4 Å². The number of nitrogen functional groups attached to an aromatic ring is 1. The Hall–Kier alpha value is -3.94. The SMILES string of the molecule is CCOc1c(N)nc(-c2ccc3c(c2)CN(N2C(=O)CCCC2=O)C3=O)c2ccccc12. The van der Waals surface area contributed by atoms with E-state index in [1.807, 2.05) is 43.3 Å². The van der Waals surface area contributed by atoms with Gasteiger partial charge in [-0.2, -0.15) is 5.01 Å². The summed E-state index contributed by atoms with van der Waals surface area (Å²) in [5.74, 6) is -0.178. The lowest BCUT2D eigenvalue weighted by Crippen LogP contribution is -2.51. The highest BCUT2D eigenvalue weighted by Crippen LogP contribution is 2.38. The van der Waals surface area contributed by atoms with E-state index in [2.05, 4.69) is 4.98 Å². The average Bonchev–Trinajstić information content (AvgIpc) is 3.11. The molecular formula is C24H22N4O4. The van der Waals surface area contributed by atoms with Crippen molar-refractivity contribution in [2.75, 3.05) is 12.3 Å². The fraction of sp³-hybridized carbons (Fsp3) is 0.250. The molecule has 2 aromatic carbocycles. The van der Waals surface area contributed by atoms with Gasteiger partial charge >= 0.3 is 0 Å². The molecule has 1 aromatic heterocycles. The molecule has 3 aromatic rings. The zero-order valence-electron chi connectivity index (χ0n) is 17.6. The van der Waals surface area contributed by atoms with Crippen molar-refractivity contribution in [3.63, 3.8) is 0 Å². The molecule has 1 saturated heterocycles. The van der Waals surface area contributed by atoms with E-state index in [1.165, 1.54) is 5.01 Å². The summed E-state index contributed by atoms with van der Waals surface area (Å²) in [4.78, 5) is 42.2. The van der Waals surface area contributed by atoms with Gasteiger partial charge in [-0.25, -0.2) is 9.99 Å². The largest absolute Gasteiger partial charge is 0.489 e. The molecule has 8 nitrogen and oxygen atoms in total. The van der Waals surface area contributed by atoms with Crippen LogP contribution in [-0.4, -0.2) is 39.3 Å². The van der Waals surface area contributed by atoms with Crippen LogP contribution in [0.5, 0.6) is 5.75 Å². The fourth-order valence-corrected chi connectivity index (χ4v) is 4.40. The number of carbonyl (C=O) groups excluding carboxylic acids is 3. The molecule has 0 aliphatic carbocycles. The number of hydrogen-bond donors (Lipinski definition) is 1. The second kappa shape index (κ2) is 7.64. The molecule has 0 unspecified atom stereocenters. The molecule has 0 bridgehead atoms. The lowest BCUT2D eigenvalue weighted by Gasteiger charge is -2.32. The Balaban J connectivity index is 1.57. The summed E-state index contributed by atoms with van der Waals surface area (Å²) in [6.07, 6.45) is 1.04. The standard InChI is InChI=1S/C24H22N4O4/c1-2-32-22-18-7-4-3-6-17(18)21(26-23(22)25)14-10-11-16-15(12-14)13-27(24(16)31)28-19(29)8-5-9-20(28)30/h3-4,6-7,10-12H,2,5,8-9,13H2,1H3,(H2,25,26). The van der Waals surface area contributed by atoms with Crippen LogP contribution in [0.15, 0.2) is 42.5 Å². The number of imide groups is 1. The molecule has 5 rings (SSSR count). The van der Waals surface area contributed by atoms with Gasteiger partial charge in [0.15, 0.2) is 11.6 Å². The summed E-state index contributed by atoms with van der Waals surface area (Å²) >= 11 is 0. The van der Waals surface area contributed by atoms with Crippen LogP contribution in [0.25, 0.3) is 22.0 Å². The molecule has 0 saturated carbocycles. The lowest BCUT2D eigenvalue weighted by molar-refractivity contribution is -0.163. The van der Waals surface area contributed by atoms with E-state index in [4.69, 9.17) is 10.5 Å². The number of ether oxygens (including phenoxy) is 1. The molecule has 2 aliphatic rings. The number of amides is 3. The number of hydrogen-bond acceptors (Lipinski definition) is 6. The van der Waals surface area contributed by atoms with E-state index in [-0.39, 0.29) is 37.1 Å². The zero-order chi connectivity index (χ0) is 22.4. The van der Waals surface area contributed by atoms with Crippen molar-refractivity contribution in [1.82, 2.24) is 15.0 Å². The van der Waals surface area contributed by atoms with Gasteiger partial charge in [0, 0.05) is 34.7 Å². The highest BCUT2D eigenvalue weighted by atomic mass is 16.5. The minimum Gasteiger partial charge on any atom is -0.489 e. The molecule has 3 heterocycles. The summed E-state index contributed by atoms with van der Waals surface area (Å²) in [5.41, 5.74) is 8.90. The quantitative estimate of drug-likeness (QED) is 0.637. The van der Waals surface area contributed by atoms with Crippen molar-refractivity contribution >= 4 is 34.3 Å². The summed E-state index contributed by atoms with van der Waals surface area (Å²) in [5, 5.41) is 4.00. The van der Waals surface area contributed by atoms with E-state index in [0.717, 1.165) is 26.9 Å². The van der Waals surface area contributed by atoms with Crippen molar-refractivity contribution in [3.8, 4) is 17.0 Å². The van der Waals surface area contributed by atoms with Crippen molar-refractivity contribution in [3.05, 3.63) is 53.6 Å². The number of carbonyl (C=O) groups is 3. The summed E-state index contributed by atoms with van der Waals surface area (Å²) in [6.45, 7) is 2.52. The van der Waals surface area contributed by atoms with Crippen molar-refractivity contribution < 1.29 is 19.1 Å². The van der Waals surface area contributed by atoms with E-state index in [0.29, 0.717) is 35.9 Å². The number of nitrogens with zero attached hydrogens (tertiary/aromatic N) is 3. The first kappa shape index (κ1) is 20.0. The Kier molecular flexibility index (Phi) is 4.77. The smallest absolute Gasteiger partial charge is 0.273 e. The first-order chi connectivity index (χ1) is 15.5. The van der Waals surface area contributed by atoms with Gasteiger partial charge in [0.1, 0.15) is 0 Å². The second-order valence-corrected chi connectivity index (χ2v) is 7.84. The number of aromatic nitrogens is 1. The average molecular weight is 430 g/mol.